The molecule has 3 unspecified atom stereocenters. The molecule has 1 fully saturated rings. The van der Waals surface area contributed by atoms with Crippen LogP contribution in [0.15, 0.2) is 35.2 Å². The summed E-state index contributed by atoms with van der Waals surface area (Å²) in [4.78, 5) is 50.4. The molecule has 3 atom stereocenters. The highest BCUT2D eigenvalue weighted by Crippen LogP contribution is 2.17. The Morgan fingerprint density at radius 1 is 1.08 bits per heavy atom. The lowest BCUT2D eigenvalue weighted by Gasteiger charge is -2.28. The van der Waals surface area contributed by atoms with E-state index in [0.29, 0.717) is 6.42 Å². The number of benzene rings is 1. The number of sulfonamides is 1. The fourth-order valence-electron chi connectivity index (χ4n) is 3.66. The molecule has 0 radical (unpaired) electrons. The number of carboxylic acids is 1. The number of aliphatic carboxylic acids is 1. The van der Waals surface area contributed by atoms with Crippen molar-refractivity contribution in [2.45, 2.75) is 56.1 Å². The van der Waals surface area contributed by atoms with Gasteiger partial charge in [0.15, 0.2) is 0 Å². The molecule has 0 saturated carbocycles. The van der Waals surface area contributed by atoms with Crippen molar-refractivity contribution in [2.24, 2.45) is 5.92 Å². The maximum atomic E-state index is 12.6. The molecule has 0 spiro atoms. The van der Waals surface area contributed by atoms with Crippen molar-refractivity contribution >= 4 is 33.7 Å². The Labute approximate surface area is 211 Å². The van der Waals surface area contributed by atoms with E-state index >= 15 is 0 Å². The van der Waals surface area contributed by atoms with E-state index in [1.807, 2.05) is 4.72 Å². The quantitative estimate of drug-likeness (QED) is 0.238. The molecule has 0 aliphatic carbocycles. The van der Waals surface area contributed by atoms with Crippen LogP contribution < -0.4 is 20.7 Å². The third-order valence-corrected chi connectivity index (χ3v) is 7.64. The first kappa shape index (κ1) is 29.2. The summed E-state index contributed by atoms with van der Waals surface area (Å²) >= 11 is 0. The van der Waals surface area contributed by atoms with E-state index in [1.165, 1.54) is 43.1 Å². The average molecular weight is 526 g/mol. The molecule has 1 aliphatic heterocycles. The number of nitrogens with zero attached hydrogens (tertiary/aromatic N) is 1. The molecule has 1 saturated heterocycles. The molecule has 2 rings (SSSR count). The van der Waals surface area contributed by atoms with E-state index in [0.717, 1.165) is 25.9 Å². The van der Waals surface area contributed by atoms with Gasteiger partial charge >= 0.3 is 5.97 Å². The topological polar surface area (TPSA) is 174 Å². The number of carboxylic acid groups (broad SMARTS) is 1. The third-order valence-electron chi connectivity index (χ3n) is 6.16. The predicted molar refractivity (Wildman–Crippen MR) is 131 cm³/mol. The number of piperidine rings is 1. The molecule has 0 aromatic heterocycles. The van der Waals surface area contributed by atoms with Crippen LogP contribution in [0, 0.1) is 5.92 Å². The summed E-state index contributed by atoms with van der Waals surface area (Å²) in [5.41, 5.74) is 0. The van der Waals surface area contributed by atoms with Gasteiger partial charge in [0.25, 0.3) is 0 Å². The first-order chi connectivity index (χ1) is 16.9. The normalized spacial score (nSPS) is 16.9. The zero-order valence-electron chi connectivity index (χ0n) is 20.7. The van der Waals surface area contributed by atoms with Gasteiger partial charge in [0.05, 0.1) is 4.90 Å². The van der Waals surface area contributed by atoms with Gasteiger partial charge in [-0.25, -0.2) is 8.42 Å². The second-order valence-corrected chi connectivity index (χ2v) is 10.6. The summed E-state index contributed by atoms with van der Waals surface area (Å²) in [6.45, 7) is 4.14. The van der Waals surface area contributed by atoms with Crippen molar-refractivity contribution in [3.8, 4) is 0 Å². The summed E-state index contributed by atoms with van der Waals surface area (Å²) in [5, 5.41) is 17.5. The van der Waals surface area contributed by atoms with Gasteiger partial charge in [-0.1, -0.05) is 18.2 Å². The SMILES string of the molecule is CC(NC(=O)C(C)N(C)C(=O)CC1CCNCC1)C(=O)NCC(NS(=O)(=O)c1ccccc1)C(=O)O. The summed E-state index contributed by atoms with van der Waals surface area (Å²) in [5.74, 6) is -2.61. The highest BCUT2D eigenvalue weighted by Gasteiger charge is 2.29. The molecule has 1 heterocycles. The minimum absolute atomic E-state index is 0.115. The predicted octanol–water partition coefficient (Wildman–Crippen LogP) is -0.724. The summed E-state index contributed by atoms with van der Waals surface area (Å²) < 4.78 is 26.9. The lowest BCUT2D eigenvalue weighted by atomic mass is 9.94. The maximum absolute atomic E-state index is 12.6. The molecule has 1 aromatic carbocycles. The highest BCUT2D eigenvalue weighted by molar-refractivity contribution is 7.89. The minimum Gasteiger partial charge on any atom is -0.480 e. The maximum Gasteiger partial charge on any atom is 0.323 e. The standard InChI is InChI=1S/C23H35N5O7S/c1-15(26-22(31)16(2)28(3)20(29)13-17-9-11-24-12-10-17)21(30)25-14-19(23(32)33)27-36(34,35)18-7-5-4-6-8-18/h4-8,15-17,19,24,27H,9-14H2,1-3H3,(H,25,30)(H,26,31)(H,32,33). The van der Waals surface area contributed by atoms with Crippen LogP contribution in [-0.4, -0.2) is 86.9 Å². The van der Waals surface area contributed by atoms with Gasteiger partial charge in [0.2, 0.25) is 27.7 Å². The summed E-state index contributed by atoms with van der Waals surface area (Å²) in [6, 6.07) is 3.74. The fraction of sp³-hybridized carbons (Fsp3) is 0.565. The Bertz CT molecular complexity index is 1030. The Kier molecular flexibility index (Phi) is 10.8. The molecule has 13 heteroatoms. The van der Waals surface area contributed by atoms with E-state index < -0.39 is 52.5 Å². The highest BCUT2D eigenvalue weighted by atomic mass is 32.2. The number of rotatable bonds is 12. The van der Waals surface area contributed by atoms with Gasteiger partial charge < -0.3 is 26.0 Å². The third kappa shape index (κ3) is 8.57. The summed E-state index contributed by atoms with van der Waals surface area (Å²) in [7, 11) is -2.59. The van der Waals surface area contributed by atoms with Crippen LogP contribution in [0.1, 0.15) is 33.1 Å². The van der Waals surface area contributed by atoms with Gasteiger partial charge in [-0.3, -0.25) is 19.2 Å². The Balaban J connectivity index is 1.86. The minimum atomic E-state index is -4.12. The van der Waals surface area contributed by atoms with E-state index in [-0.39, 0.29) is 16.7 Å². The first-order valence-electron chi connectivity index (χ1n) is 11.8. The first-order valence-corrected chi connectivity index (χ1v) is 13.2. The van der Waals surface area contributed by atoms with Gasteiger partial charge in [-0.05, 0) is 57.8 Å². The van der Waals surface area contributed by atoms with Gasteiger partial charge in [0, 0.05) is 20.0 Å². The van der Waals surface area contributed by atoms with E-state index in [4.69, 9.17) is 0 Å². The number of carbonyl (C=O) groups excluding carboxylic acids is 3. The molecule has 5 N–H and O–H groups in total. The Morgan fingerprint density at radius 3 is 2.28 bits per heavy atom. The van der Waals surface area contributed by atoms with E-state index in [1.54, 1.807) is 13.0 Å². The van der Waals surface area contributed by atoms with Gasteiger partial charge in [-0.15, -0.1) is 0 Å². The van der Waals surface area contributed by atoms with Gasteiger partial charge in [0.1, 0.15) is 18.1 Å². The second kappa shape index (κ2) is 13.3. The van der Waals surface area contributed by atoms with Crippen molar-refractivity contribution in [2.75, 3.05) is 26.7 Å². The molecule has 1 aliphatic rings. The van der Waals surface area contributed by atoms with E-state index in [2.05, 4.69) is 16.0 Å². The van der Waals surface area contributed by atoms with E-state index in [9.17, 15) is 32.7 Å². The number of nitrogens with one attached hydrogen (secondary N) is 4. The van der Waals surface area contributed by atoms with Crippen LogP contribution in [0.5, 0.6) is 0 Å². The molecule has 12 nitrogen and oxygen atoms in total. The smallest absolute Gasteiger partial charge is 0.323 e. The van der Waals surface area contributed by atoms with Crippen molar-refractivity contribution in [3.63, 3.8) is 0 Å². The molecule has 0 bridgehead atoms. The lowest BCUT2D eigenvalue weighted by molar-refractivity contribution is -0.140. The van der Waals surface area contributed by atoms with Crippen LogP contribution in [0.4, 0.5) is 0 Å². The van der Waals surface area contributed by atoms with Crippen LogP contribution in [0.3, 0.4) is 0 Å². The van der Waals surface area contributed by atoms with Crippen molar-refractivity contribution < 1.29 is 32.7 Å². The molecular formula is C23H35N5O7S. The molecule has 1 aromatic rings. The van der Waals surface area contributed by atoms with Crippen LogP contribution in [0.2, 0.25) is 0 Å². The Morgan fingerprint density at radius 2 is 1.69 bits per heavy atom. The number of likely N-dealkylation sites (N-methyl/N-ethyl adjacent to an activating group) is 1. The number of carbonyl (C=O) groups is 4. The van der Waals surface area contributed by atoms with Crippen LogP contribution >= 0.6 is 0 Å². The Hall–Kier alpha value is -3.03. The van der Waals surface area contributed by atoms with Crippen molar-refractivity contribution in [1.29, 1.82) is 0 Å². The number of hydrogen-bond acceptors (Lipinski definition) is 7. The monoisotopic (exact) mass is 525 g/mol. The second-order valence-electron chi connectivity index (χ2n) is 8.88. The van der Waals surface area contributed by atoms with Crippen LogP contribution in [0.25, 0.3) is 0 Å². The van der Waals surface area contributed by atoms with Crippen molar-refractivity contribution in [1.82, 2.24) is 25.6 Å². The number of hydrogen-bond donors (Lipinski definition) is 5. The lowest BCUT2D eigenvalue weighted by Crippen LogP contribution is -2.54. The average Bonchev–Trinajstić information content (AvgIpc) is 2.86. The van der Waals surface area contributed by atoms with Gasteiger partial charge in [-0.2, -0.15) is 4.72 Å². The zero-order chi connectivity index (χ0) is 26.9. The molecular weight excluding hydrogens is 490 g/mol. The zero-order valence-corrected chi connectivity index (χ0v) is 21.5. The molecule has 200 valence electrons. The fourth-order valence-corrected chi connectivity index (χ4v) is 4.87. The summed E-state index contributed by atoms with van der Waals surface area (Å²) in [6.07, 6.45) is 2.15. The van der Waals surface area contributed by atoms with Crippen molar-refractivity contribution in [3.05, 3.63) is 30.3 Å². The van der Waals surface area contributed by atoms with Crippen LogP contribution in [-0.2, 0) is 29.2 Å². The molecule has 3 amide bonds. The molecule has 36 heavy (non-hydrogen) atoms. The largest absolute Gasteiger partial charge is 0.480 e. The number of amides is 3.